The molecule has 0 saturated carbocycles. The van der Waals surface area contributed by atoms with Gasteiger partial charge in [-0.3, -0.25) is 0 Å². The number of anilines is 1. The Kier molecular flexibility index (Phi) is 2.94. The minimum absolute atomic E-state index is 0.527. The van der Waals surface area contributed by atoms with Gasteiger partial charge in [0.2, 0.25) is 10.0 Å². The second-order valence-electron chi connectivity index (χ2n) is 4.72. The van der Waals surface area contributed by atoms with Crippen LogP contribution in [0.25, 0.3) is 11.0 Å². The number of nitrogens with one attached hydrogen (secondary N) is 1. The summed E-state index contributed by atoms with van der Waals surface area (Å²) >= 11 is 0. The number of aromatic amines is 1. The van der Waals surface area contributed by atoms with Crippen LogP contribution in [-0.4, -0.2) is 55.1 Å². The Morgan fingerprint density at radius 1 is 1.21 bits per heavy atom. The largest absolute Gasteiger partial charge is 0.367 e. The lowest BCUT2D eigenvalue weighted by Crippen LogP contribution is -2.48. The highest BCUT2D eigenvalue weighted by Crippen LogP contribution is 2.25. The van der Waals surface area contributed by atoms with Crippen LogP contribution >= 0.6 is 0 Å². The number of fused-ring (bicyclic) bond motifs is 1. The molecule has 19 heavy (non-hydrogen) atoms. The number of imidazole rings is 1. The molecule has 0 atom stereocenters. The molecule has 1 fully saturated rings. The van der Waals surface area contributed by atoms with Crippen LogP contribution in [0.3, 0.4) is 0 Å². The maximum atomic E-state index is 11.5. The highest BCUT2D eigenvalue weighted by atomic mass is 32.2. The van der Waals surface area contributed by atoms with E-state index >= 15 is 0 Å². The molecule has 1 aromatic heterocycles. The molecule has 1 saturated heterocycles. The Balaban J connectivity index is 1.84. The highest BCUT2D eigenvalue weighted by Gasteiger charge is 2.24. The number of para-hydroxylation sites is 1. The van der Waals surface area contributed by atoms with E-state index in [1.165, 1.54) is 10.6 Å². The maximum Gasteiger partial charge on any atom is 0.211 e. The van der Waals surface area contributed by atoms with Crippen molar-refractivity contribution < 1.29 is 8.42 Å². The van der Waals surface area contributed by atoms with Crippen molar-refractivity contribution in [1.29, 1.82) is 0 Å². The lowest BCUT2D eigenvalue weighted by molar-refractivity contribution is 0.388. The average Bonchev–Trinajstić information content (AvgIpc) is 2.86. The average molecular weight is 280 g/mol. The summed E-state index contributed by atoms with van der Waals surface area (Å²) in [4.78, 5) is 9.61. The van der Waals surface area contributed by atoms with Gasteiger partial charge in [-0.15, -0.1) is 0 Å². The zero-order valence-corrected chi connectivity index (χ0v) is 11.5. The van der Waals surface area contributed by atoms with Crippen molar-refractivity contribution >= 4 is 26.7 Å². The van der Waals surface area contributed by atoms with Crippen molar-refractivity contribution in [2.45, 2.75) is 0 Å². The normalized spacial score (nSPS) is 18.1. The Morgan fingerprint density at radius 3 is 2.63 bits per heavy atom. The quantitative estimate of drug-likeness (QED) is 0.876. The molecule has 7 heteroatoms. The minimum atomic E-state index is -3.08. The Hall–Kier alpha value is -1.60. The molecule has 2 heterocycles. The standard InChI is InChI=1S/C12H16N4O2S/c1-19(17,18)16-7-5-15(6-8-16)11-4-2-3-10-12(11)14-9-13-10/h2-4,9H,5-8H2,1H3,(H,13,14). The van der Waals surface area contributed by atoms with Gasteiger partial charge in [0.15, 0.2) is 0 Å². The van der Waals surface area contributed by atoms with E-state index in [2.05, 4.69) is 14.9 Å². The van der Waals surface area contributed by atoms with Gasteiger partial charge in [0.1, 0.15) is 5.52 Å². The first kappa shape index (κ1) is 12.4. The number of hydrogen-bond donors (Lipinski definition) is 1. The first-order valence-corrected chi connectivity index (χ1v) is 8.03. The van der Waals surface area contributed by atoms with Gasteiger partial charge in [0.25, 0.3) is 0 Å². The van der Waals surface area contributed by atoms with Crippen LogP contribution in [0.4, 0.5) is 5.69 Å². The lowest BCUT2D eigenvalue weighted by Gasteiger charge is -2.34. The van der Waals surface area contributed by atoms with Crippen molar-refractivity contribution in [1.82, 2.24) is 14.3 Å². The number of hydrogen-bond acceptors (Lipinski definition) is 4. The van der Waals surface area contributed by atoms with Crippen molar-refractivity contribution in [2.75, 3.05) is 37.3 Å². The zero-order valence-electron chi connectivity index (χ0n) is 10.7. The third-order valence-corrected chi connectivity index (χ3v) is 4.78. The van der Waals surface area contributed by atoms with Crippen LogP contribution in [0, 0.1) is 0 Å². The number of H-pyrrole nitrogens is 1. The highest BCUT2D eigenvalue weighted by molar-refractivity contribution is 7.88. The van der Waals surface area contributed by atoms with Crippen molar-refractivity contribution in [2.24, 2.45) is 0 Å². The molecule has 0 spiro atoms. The lowest BCUT2D eigenvalue weighted by atomic mass is 10.2. The summed E-state index contributed by atoms with van der Waals surface area (Å²) in [5, 5.41) is 0. The summed E-state index contributed by atoms with van der Waals surface area (Å²) in [6.07, 6.45) is 2.94. The van der Waals surface area contributed by atoms with E-state index in [4.69, 9.17) is 0 Å². The number of aromatic nitrogens is 2. The third kappa shape index (κ3) is 2.31. The molecule has 2 aromatic rings. The van der Waals surface area contributed by atoms with Crippen molar-refractivity contribution in [3.05, 3.63) is 24.5 Å². The number of sulfonamides is 1. The van der Waals surface area contributed by atoms with Crippen molar-refractivity contribution in [3.63, 3.8) is 0 Å². The fourth-order valence-corrected chi connectivity index (χ4v) is 3.29. The van der Waals surface area contributed by atoms with E-state index < -0.39 is 10.0 Å². The second-order valence-corrected chi connectivity index (χ2v) is 6.71. The zero-order chi connectivity index (χ0) is 13.5. The van der Waals surface area contributed by atoms with E-state index in [-0.39, 0.29) is 0 Å². The molecule has 1 aliphatic heterocycles. The second kappa shape index (κ2) is 4.50. The van der Waals surface area contributed by atoms with Crippen LogP contribution in [0.15, 0.2) is 24.5 Å². The minimum Gasteiger partial charge on any atom is -0.367 e. The summed E-state index contributed by atoms with van der Waals surface area (Å²) in [5.74, 6) is 0. The summed E-state index contributed by atoms with van der Waals surface area (Å²) in [6.45, 7) is 2.44. The van der Waals surface area contributed by atoms with Crippen LogP contribution in [0.5, 0.6) is 0 Å². The number of rotatable bonds is 2. The fourth-order valence-electron chi connectivity index (χ4n) is 2.47. The van der Waals surface area contributed by atoms with Gasteiger partial charge in [-0.05, 0) is 12.1 Å². The molecule has 3 rings (SSSR count). The van der Waals surface area contributed by atoms with Crippen LogP contribution < -0.4 is 4.90 Å². The topological polar surface area (TPSA) is 69.3 Å². The molecule has 0 aliphatic carbocycles. The smallest absolute Gasteiger partial charge is 0.211 e. The fraction of sp³-hybridized carbons (Fsp3) is 0.417. The molecule has 1 aliphatic rings. The molecule has 1 aromatic carbocycles. The number of benzene rings is 1. The summed E-state index contributed by atoms with van der Waals surface area (Å²) < 4.78 is 24.5. The Labute approximate surface area is 112 Å². The van der Waals surface area contributed by atoms with Gasteiger partial charge in [-0.2, -0.15) is 4.31 Å². The van der Waals surface area contributed by atoms with E-state index in [1.54, 1.807) is 6.33 Å². The van der Waals surface area contributed by atoms with Crippen LogP contribution in [0.1, 0.15) is 0 Å². The molecule has 1 N–H and O–H groups in total. The summed E-state index contributed by atoms with van der Waals surface area (Å²) in [5.41, 5.74) is 3.00. The van der Waals surface area contributed by atoms with Gasteiger partial charge >= 0.3 is 0 Å². The number of piperazine rings is 1. The first-order valence-electron chi connectivity index (χ1n) is 6.18. The van der Waals surface area contributed by atoms with Crippen molar-refractivity contribution in [3.8, 4) is 0 Å². The molecule has 102 valence electrons. The number of nitrogens with zero attached hydrogens (tertiary/aromatic N) is 3. The Bertz CT molecular complexity index is 687. The van der Waals surface area contributed by atoms with Gasteiger partial charge < -0.3 is 9.88 Å². The van der Waals surface area contributed by atoms with E-state index in [9.17, 15) is 8.42 Å². The maximum absolute atomic E-state index is 11.5. The third-order valence-electron chi connectivity index (χ3n) is 3.48. The molecule has 0 amide bonds. The molecule has 6 nitrogen and oxygen atoms in total. The SMILES string of the molecule is CS(=O)(=O)N1CCN(c2cccc3[nH]cnc23)CC1. The predicted molar refractivity (Wildman–Crippen MR) is 74.7 cm³/mol. The molecular weight excluding hydrogens is 264 g/mol. The molecule has 0 radical (unpaired) electrons. The van der Waals surface area contributed by atoms with E-state index in [0.717, 1.165) is 16.7 Å². The monoisotopic (exact) mass is 280 g/mol. The van der Waals surface area contributed by atoms with Crippen LogP contribution in [-0.2, 0) is 10.0 Å². The van der Waals surface area contributed by atoms with Gasteiger partial charge in [0.05, 0.1) is 23.8 Å². The first-order chi connectivity index (χ1) is 9.05. The predicted octanol–water partition coefficient (Wildman–Crippen LogP) is 0.644. The van der Waals surface area contributed by atoms with Crippen LogP contribution in [0.2, 0.25) is 0 Å². The molecular formula is C12H16N4O2S. The summed E-state index contributed by atoms with van der Waals surface area (Å²) in [6, 6.07) is 6.00. The van der Waals surface area contributed by atoms with E-state index in [0.29, 0.717) is 26.2 Å². The van der Waals surface area contributed by atoms with Gasteiger partial charge in [-0.25, -0.2) is 13.4 Å². The van der Waals surface area contributed by atoms with E-state index in [1.807, 2.05) is 18.2 Å². The van der Waals surface area contributed by atoms with Gasteiger partial charge in [-0.1, -0.05) is 6.07 Å². The van der Waals surface area contributed by atoms with Gasteiger partial charge in [0, 0.05) is 26.2 Å². The summed E-state index contributed by atoms with van der Waals surface area (Å²) in [7, 11) is -3.08. The molecule has 0 bridgehead atoms. The molecule has 0 unspecified atom stereocenters. The Morgan fingerprint density at radius 2 is 1.95 bits per heavy atom.